The monoisotopic (exact) mass is 353 g/mol. The average Bonchev–Trinajstić information content (AvgIpc) is 2.91. The second-order valence-corrected chi connectivity index (χ2v) is 7.72. The maximum absolute atomic E-state index is 12.6. The van der Waals surface area contributed by atoms with E-state index in [2.05, 4.69) is 20.2 Å². The molecule has 0 amide bonds. The number of nitrogens with zero attached hydrogens (tertiary/aromatic N) is 4. The summed E-state index contributed by atoms with van der Waals surface area (Å²) >= 11 is 0. The summed E-state index contributed by atoms with van der Waals surface area (Å²) in [6.45, 7) is 3.29. The van der Waals surface area contributed by atoms with Crippen LogP contribution in [0.3, 0.4) is 0 Å². The van der Waals surface area contributed by atoms with Gasteiger partial charge in [-0.15, -0.1) is 5.10 Å². The van der Waals surface area contributed by atoms with Crippen LogP contribution in [-0.4, -0.2) is 45.2 Å². The van der Waals surface area contributed by atoms with Crippen LogP contribution < -0.4 is 4.72 Å². The third kappa shape index (κ3) is 4.36. The molecule has 2 N–H and O–H groups in total. The minimum absolute atomic E-state index is 0.0615. The van der Waals surface area contributed by atoms with Crippen LogP contribution in [-0.2, 0) is 21.9 Å². The SMILES string of the molecule is Cn1nnnc1-c1cccc(S(=O)(=O)NC(C)(C)CCC(=O)O)c1. The molecule has 10 heteroatoms. The van der Waals surface area contributed by atoms with Gasteiger partial charge >= 0.3 is 5.97 Å². The molecule has 0 bridgehead atoms. The summed E-state index contributed by atoms with van der Waals surface area (Å²) in [4.78, 5) is 10.8. The maximum atomic E-state index is 12.6. The van der Waals surface area contributed by atoms with Crippen LogP contribution in [0, 0.1) is 0 Å². The second-order valence-electron chi connectivity index (χ2n) is 6.04. The van der Waals surface area contributed by atoms with Gasteiger partial charge in [0.15, 0.2) is 5.82 Å². The summed E-state index contributed by atoms with van der Waals surface area (Å²) in [6.07, 6.45) is 0.0502. The summed E-state index contributed by atoms with van der Waals surface area (Å²) < 4.78 is 29.1. The molecule has 0 aliphatic rings. The molecule has 0 aliphatic heterocycles. The lowest BCUT2D eigenvalue weighted by Crippen LogP contribution is -2.43. The largest absolute Gasteiger partial charge is 0.481 e. The number of aryl methyl sites for hydroxylation is 1. The maximum Gasteiger partial charge on any atom is 0.303 e. The summed E-state index contributed by atoms with van der Waals surface area (Å²) in [7, 11) is -2.16. The molecule has 0 spiro atoms. The van der Waals surface area contributed by atoms with E-state index in [1.165, 1.54) is 16.8 Å². The van der Waals surface area contributed by atoms with Crippen LogP contribution in [0.2, 0.25) is 0 Å². The van der Waals surface area contributed by atoms with Gasteiger partial charge in [0.1, 0.15) is 0 Å². The van der Waals surface area contributed by atoms with E-state index in [9.17, 15) is 13.2 Å². The summed E-state index contributed by atoms with van der Waals surface area (Å²) in [5, 5.41) is 19.9. The van der Waals surface area contributed by atoms with E-state index >= 15 is 0 Å². The standard InChI is InChI=1S/C14H19N5O4S/c1-14(2,8-7-12(20)21)16-24(22,23)11-6-4-5-10(9-11)13-15-17-18-19(13)3/h4-6,9,16H,7-8H2,1-3H3,(H,20,21). The lowest BCUT2D eigenvalue weighted by molar-refractivity contribution is -0.137. The fourth-order valence-corrected chi connectivity index (χ4v) is 3.66. The number of carboxylic acids is 1. The van der Waals surface area contributed by atoms with Crippen molar-refractivity contribution in [2.24, 2.45) is 7.05 Å². The third-order valence-electron chi connectivity index (χ3n) is 3.40. The lowest BCUT2D eigenvalue weighted by Gasteiger charge is -2.25. The van der Waals surface area contributed by atoms with Gasteiger partial charge in [-0.25, -0.2) is 17.8 Å². The lowest BCUT2D eigenvalue weighted by atomic mass is 10.0. The topological polar surface area (TPSA) is 127 Å². The van der Waals surface area contributed by atoms with E-state index in [0.29, 0.717) is 11.4 Å². The van der Waals surface area contributed by atoms with Gasteiger partial charge in [0.25, 0.3) is 0 Å². The fourth-order valence-electron chi connectivity index (χ4n) is 2.17. The molecular weight excluding hydrogens is 334 g/mol. The molecule has 9 nitrogen and oxygen atoms in total. The minimum Gasteiger partial charge on any atom is -0.481 e. The van der Waals surface area contributed by atoms with Crippen LogP contribution in [0.4, 0.5) is 0 Å². The number of rotatable bonds is 7. The summed E-state index contributed by atoms with van der Waals surface area (Å²) in [5.41, 5.74) is -0.326. The molecule has 1 aromatic carbocycles. The number of benzene rings is 1. The smallest absolute Gasteiger partial charge is 0.303 e. The molecule has 1 aromatic heterocycles. The van der Waals surface area contributed by atoms with Gasteiger partial charge in [-0.05, 0) is 42.8 Å². The first-order valence-corrected chi connectivity index (χ1v) is 8.68. The van der Waals surface area contributed by atoms with Crippen molar-refractivity contribution in [3.8, 4) is 11.4 Å². The average molecular weight is 353 g/mol. The predicted octanol–water partition coefficient (Wildman–Crippen LogP) is 0.799. The molecule has 0 fully saturated rings. The van der Waals surface area contributed by atoms with Crippen LogP contribution in [0.1, 0.15) is 26.7 Å². The molecular formula is C14H19N5O4S. The Morgan fingerprint density at radius 1 is 1.38 bits per heavy atom. The summed E-state index contributed by atoms with van der Waals surface area (Å²) in [5.74, 6) is -0.531. The van der Waals surface area contributed by atoms with Crippen molar-refractivity contribution in [3.05, 3.63) is 24.3 Å². The third-order valence-corrected chi connectivity index (χ3v) is 5.09. The first kappa shape index (κ1) is 18.0. The number of carboxylic acid groups (broad SMARTS) is 1. The number of hydrogen-bond acceptors (Lipinski definition) is 6. The van der Waals surface area contributed by atoms with Gasteiger partial charge in [-0.2, -0.15) is 0 Å². The quantitative estimate of drug-likeness (QED) is 0.753. The molecule has 0 unspecified atom stereocenters. The van der Waals surface area contributed by atoms with E-state index in [0.717, 1.165) is 0 Å². The number of sulfonamides is 1. The number of tetrazole rings is 1. The van der Waals surface area contributed by atoms with Gasteiger partial charge in [0.2, 0.25) is 10.0 Å². The van der Waals surface area contributed by atoms with Gasteiger partial charge < -0.3 is 5.11 Å². The van der Waals surface area contributed by atoms with Gasteiger partial charge in [-0.1, -0.05) is 12.1 Å². The van der Waals surface area contributed by atoms with Crippen LogP contribution in [0.5, 0.6) is 0 Å². The van der Waals surface area contributed by atoms with Gasteiger partial charge in [-0.3, -0.25) is 4.79 Å². The Balaban J connectivity index is 2.27. The highest BCUT2D eigenvalue weighted by Gasteiger charge is 2.27. The van der Waals surface area contributed by atoms with Crippen molar-refractivity contribution >= 4 is 16.0 Å². The molecule has 0 radical (unpaired) electrons. The Bertz CT molecular complexity index is 844. The number of hydrogen-bond donors (Lipinski definition) is 2. The highest BCUT2D eigenvalue weighted by Crippen LogP contribution is 2.22. The zero-order chi connectivity index (χ0) is 18.0. The van der Waals surface area contributed by atoms with Crippen molar-refractivity contribution in [1.82, 2.24) is 24.9 Å². The van der Waals surface area contributed by atoms with Crippen molar-refractivity contribution in [2.45, 2.75) is 37.1 Å². The Labute approximate surface area is 139 Å². The summed E-state index contributed by atoms with van der Waals surface area (Å²) in [6, 6.07) is 6.24. The molecule has 24 heavy (non-hydrogen) atoms. The number of aliphatic carboxylic acids is 1. The van der Waals surface area contributed by atoms with Crippen LogP contribution in [0.15, 0.2) is 29.2 Å². The van der Waals surface area contributed by atoms with Gasteiger partial charge in [0, 0.05) is 24.6 Å². The zero-order valence-corrected chi connectivity index (χ0v) is 14.4. The molecule has 1 heterocycles. The molecule has 130 valence electrons. The van der Waals surface area contributed by atoms with Crippen LogP contribution >= 0.6 is 0 Å². The number of nitrogens with one attached hydrogen (secondary N) is 1. The van der Waals surface area contributed by atoms with Crippen molar-refractivity contribution in [1.29, 1.82) is 0 Å². The van der Waals surface area contributed by atoms with Crippen molar-refractivity contribution in [3.63, 3.8) is 0 Å². The molecule has 2 rings (SSSR count). The van der Waals surface area contributed by atoms with E-state index in [-0.39, 0.29) is 17.7 Å². The Morgan fingerprint density at radius 2 is 2.08 bits per heavy atom. The Kier molecular flexibility index (Phi) is 4.99. The normalized spacial score (nSPS) is 12.3. The highest BCUT2D eigenvalue weighted by molar-refractivity contribution is 7.89. The van der Waals surface area contributed by atoms with Crippen molar-refractivity contribution < 1.29 is 18.3 Å². The first-order chi connectivity index (χ1) is 11.1. The van der Waals surface area contributed by atoms with E-state index in [1.807, 2.05) is 0 Å². The zero-order valence-electron chi connectivity index (χ0n) is 13.6. The number of aromatic nitrogens is 4. The second kappa shape index (κ2) is 6.65. The molecule has 0 aliphatic carbocycles. The van der Waals surface area contributed by atoms with Gasteiger partial charge in [0.05, 0.1) is 4.90 Å². The number of carbonyl (C=O) groups is 1. The fraction of sp³-hybridized carbons (Fsp3) is 0.429. The first-order valence-electron chi connectivity index (χ1n) is 7.19. The predicted molar refractivity (Wildman–Crippen MR) is 85.5 cm³/mol. The highest BCUT2D eigenvalue weighted by atomic mass is 32.2. The molecule has 0 saturated heterocycles. The van der Waals surface area contributed by atoms with Crippen LogP contribution in [0.25, 0.3) is 11.4 Å². The van der Waals surface area contributed by atoms with E-state index in [1.54, 1.807) is 33.0 Å². The Hall–Kier alpha value is -2.33. The van der Waals surface area contributed by atoms with E-state index in [4.69, 9.17) is 5.11 Å². The molecule has 0 saturated carbocycles. The van der Waals surface area contributed by atoms with E-state index < -0.39 is 21.5 Å². The minimum atomic E-state index is -3.81. The van der Waals surface area contributed by atoms with Crippen molar-refractivity contribution in [2.75, 3.05) is 0 Å². The Morgan fingerprint density at radius 3 is 2.67 bits per heavy atom. The molecule has 0 atom stereocenters. The molecule has 2 aromatic rings.